The van der Waals surface area contributed by atoms with Crippen LogP contribution in [0.5, 0.6) is 0 Å². The fraction of sp³-hybridized carbons (Fsp3) is 0.429. The third-order valence-electron chi connectivity index (χ3n) is 2.95. The van der Waals surface area contributed by atoms with Crippen LogP contribution in [0.15, 0.2) is 30.3 Å². The van der Waals surface area contributed by atoms with E-state index in [1.807, 2.05) is 0 Å². The molecule has 1 aliphatic heterocycles. The van der Waals surface area contributed by atoms with Crippen molar-refractivity contribution in [1.82, 2.24) is 0 Å². The van der Waals surface area contributed by atoms with Gasteiger partial charge in [0.1, 0.15) is 0 Å². The Morgan fingerprint density at radius 2 is 2.06 bits per heavy atom. The molecule has 0 aliphatic carbocycles. The first kappa shape index (κ1) is 11.6. The van der Waals surface area contributed by atoms with Crippen LogP contribution in [-0.2, 0) is 0 Å². The van der Waals surface area contributed by atoms with E-state index >= 15 is 0 Å². The molecule has 0 atom stereocenters. The summed E-state index contributed by atoms with van der Waals surface area (Å²) in [7, 11) is 0. The van der Waals surface area contributed by atoms with Gasteiger partial charge in [-0.05, 0) is 42.7 Å². The summed E-state index contributed by atoms with van der Waals surface area (Å²) < 4.78 is 0. The van der Waals surface area contributed by atoms with Crippen molar-refractivity contribution < 1.29 is 0 Å². The van der Waals surface area contributed by atoms with E-state index in [2.05, 4.69) is 53.9 Å². The molecular formula is C14H19NS. The Bertz CT molecular complexity index is 354. The number of hydrogen-bond donors (Lipinski definition) is 1. The molecular weight excluding hydrogens is 214 g/mol. The first-order chi connectivity index (χ1) is 7.90. The topological polar surface area (TPSA) is 3.24 Å². The van der Waals surface area contributed by atoms with Crippen molar-refractivity contribution in [3.05, 3.63) is 35.9 Å². The smallest absolute Gasteiger partial charge is 0.0372 e. The van der Waals surface area contributed by atoms with Crippen LogP contribution in [-0.4, -0.2) is 18.8 Å². The largest absolute Gasteiger partial charge is 0.372 e. The predicted molar refractivity (Wildman–Crippen MR) is 75.4 cm³/mol. The van der Waals surface area contributed by atoms with Crippen molar-refractivity contribution in [2.75, 3.05) is 23.7 Å². The standard InChI is InChI=1S/C14H19NS/c16-11-4-1-6-13-7-5-8-14(12-13)15-9-2-3-10-15/h1,5-8,12,16H,2-4,9-11H2. The molecule has 1 nitrogen and oxygen atoms in total. The van der Waals surface area contributed by atoms with Gasteiger partial charge in [0.05, 0.1) is 0 Å². The third-order valence-corrected chi connectivity index (χ3v) is 3.21. The van der Waals surface area contributed by atoms with Crippen LogP contribution in [0.4, 0.5) is 5.69 Å². The molecule has 1 saturated heterocycles. The van der Waals surface area contributed by atoms with Crippen LogP contribution in [0.1, 0.15) is 24.8 Å². The highest BCUT2D eigenvalue weighted by atomic mass is 32.1. The third kappa shape index (κ3) is 3.05. The van der Waals surface area contributed by atoms with Crippen LogP contribution < -0.4 is 4.90 Å². The van der Waals surface area contributed by atoms with Gasteiger partial charge in [-0.2, -0.15) is 12.6 Å². The number of benzene rings is 1. The number of rotatable bonds is 4. The van der Waals surface area contributed by atoms with Crippen LogP contribution in [0.3, 0.4) is 0 Å². The molecule has 16 heavy (non-hydrogen) atoms. The van der Waals surface area contributed by atoms with Gasteiger partial charge in [0, 0.05) is 18.8 Å². The van der Waals surface area contributed by atoms with Crippen molar-refractivity contribution in [1.29, 1.82) is 0 Å². The van der Waals surface area contributed by atoms with Crippen LogP contribution in [0.2, 0.25) is 0 Å². The number of allylic oxidation sites excluding steroid dienone is 1. The number of anilines is 1. The summed E-state index contributed by atoms with van der Waals surface area (Å²) in [5, 5.41) is 0. The maximum atomic E-state index is 4.20. The molecule has 0 aromatic heterocycles. The SMILES string of the molecule is SCCC=Cc1cccc(N2CCCC2)c1. The number of hydrogen-bond acceptors (Lipinski definition) is 2. The summed E-state index contributed by atoms with van der Waals surface area (Å²) in [6.07, 6.45) is 8.09. The lowest BCUT2D eigenvalue weighted by atomic mass is 10.1. The second kappa shape index (κ2) is 6.00. The lowest BCUT2D eigenvalue weighted by molar-refractivity contribution is 0.949. The van der Waals surface area contributed by atoms with Crippen LogP contribution in [0.25, 0.3) is 6.08 Å². The molecule has 1 fully saturated rings. The summed E-state index contributed by atoms with van der Waals surface area (Å²) in [6, 6.07) is 8.80. The van der Waals surface area contributed by atoms with E-state index in [-0.39, 0.29) is 0 Å². The molecule has 0 radical (unpaired) electrons. The van der Waals surface area contributed by atoms with Gasteiger partial charge >= 0.3 is 0 Å². The maximum absolute atomic E-state index is 4.20. The van der Waals surface area contributed by atoms with E-state index in [1.165, 1.54) is 37.2 Å². The van der Waals surface area contributed by atoms with Crippen molar-refractivity contribution in [2.45, 2.75) is 19.3 Å². The van der Waals surface area contributed by atoms with Gasteiger partial charge < -0.3 is 4.90 Å². The fourth-order valence-corrected chi connectivity index (χ4v) is 2.24. The molecule has 0 unspecified atom stereocenters. The summed E-state index contributed by atoms with van der Waals surface area (Å²) in [5.74, 6) is 0.919. The van der Waals surface area contributed by atoms with Crippen LogP contribution in [0, 0.1) is 0 Å². The molecule has 0 spiro atoms. The molecule has 0 N–H and O–H groups in total. The zero-order valence-corrected chi connectivity index (χ0v) is 10.5. The molecule has 0 bridgehead atoms. The van der Waals surface area contributed by atoms with Gasteiger partial charge in [0.25, 0.3) is 0 Å². The van der Waals surface area contributed by atoms with E-state index in [0.717, 1.165) is 12.2 Å². The quantitative estimate of drug-likeness (QED) is 0.777. The Morgan fingerprint density at radius 3 is 2.81 bits per heavy atom. The van der Waals surface area contributed by atoms with Crippen LogP contribution >= 0.6 is 12.6 Å². The van der Waals surface area contributed by atoms with Crippen molar-refractivity contribution in [2.24, 2.45) is 0 Å². The van der Waals surface area contributed by atoms with Gasteiger partial charge in [-0.25, -0.2) is 0 Å². The summed E-state index contributed by atoms with van der Waals surface area (Å²) in [5.41, 5.74) is 2.66. The van der Waals surface area contributed by atoms with E-state index < -0.39 is 0 Å². The second-order valence-electron chi connectivity index (χ2n) is 4.20. The molecule has 2 rings (SSSR count). The van der Waals surface area contributed by atoms with Gasteiger partial charge in [0.2, 0.25) is 0 Å². The zero-order valence-electron chi connectivity index (χ0n) is 9.60. The minimum absolute atomic E-state index is 0.919. The molecule has 1 aromatic rings. The van der Waals surface area contributed by atoms with Gasteiger partial charge in [0.15, 0.2) is 0 Å². The maximum Gasteiger partial charge on any atom is 0.0372 e. The molecule has 2 heteroatoms. The lowest BCUT2D eigenvalue weighted by Crippen LogP contribution is -2.17. The van der Waals surface area contributed by atoms with Crippen molar-refractivity contribution in [3.63, 3.8) is 0 Å². The Balaban J connectivity index is 2.06. The molecule has 1 heterocycles. The highest BCUT2D eigenvalue weighted by Gasteiger charge is 2.11. The average Bonchev–Trinajstić information content (AvgIpc) is 2.83. The summed E-state index contributed by atoms with van der Waals surface area (Å²) in [4.78, 5) is 2.47. The fourth-order valence-electron chi connectivity index (χ4n) is 2.09. The highest BCUT2D eigenvalue weighted by Crippen LogP contribution is 2.21. The number of nitrogens with zero attached hydrogens (tertiary/aromatic N) is 1. The monoisotopic (exact) mass is 233 g/mol. The zero-order chi connectivity index (χ0) is 11.2. The summed E-state index contributed by atoms with van der Waals surface area (Å²) in [6.45, 7) is 2.42. The van der Waals surface area contributed by atoms with E-state index in [1.54, 1.807) is 0 Å². The van der Waals surface area contributed by atoms with Gasteiger partial charge in [-0.3, -0.25) is 0 Å². The molecule has 1 aliphatic rings. The van der Waals surface area contributed by atoms with Crippen molar-refractivity contribution in [3.8, 4) is 0 Å². The first-order valence-corrected chi connectivity index (χ1v) is 6.66. The van der Waals surface area contributed by atoms with Gasteiger partial charge in [-0.1, -0.05) is 24.3 Å². The minimum Gasteiger partial charge on any atom is -0.372 e. The highest BCUT2D eigenvalue weighted by molar-refractivity contribution is 7.80. The average molecular weight is 233 g/mol. The Hall–Kier alpha value is -0.890. The Morgan fingerprint density at radius 1 is 1.25 bits per heavy atom. The second-order valence-corrected chi connectivity index (χ2v) is 4.65. The molecule has 0 saturated carbocycles. The Kier molecular flexibility index (Phi) is 4.34. The molecule has 1 aromatic carbocycles. The lowest BCUT2D eigenvalue weighted by Gasteiger charge is -2.17. The molecule has 86 valence electrons. The predicted octanol–water partition coefficient (Wildman–Crippen LogP) is 3.62. The minimum atomic E-state index is 0.919. The summed E-state index contributed by atoms with van der Waals surface area (Å²) >= 11 is 4.20. The van der Waals surface area contributed by atoms with E-state index in [9.17, 15) is 0 Å². The normalized spacial score (nSPS) is 16.2. The van der Waals surface area contributed by atoms with E-state index in [0.29, 0.717) is 0 Å². The first-order valence-electron chi connectivity index (χ1n) is 6.02. The van der Waals surface area contributed by atoms with Gasteiger partial charge in [-0.15, -0.1) is 0 Å². The van der Waals surface area contributed by atoms with E-state index in [4.69, 9.17) is 0 Å². The Labute approximate surface area is 104 Å². The van der Waals surface area contributed by atoms with Crippen molar-refractivity contribution >= 4 is 24.4 Å². The molecule has 0 amide bonds. The number of thiol groups is 1.